The summed E-state index contributed by atoms with van der Waals surface area (Å²) in [5, 5.41) is 15.3. The van der Waals surface area contributed by atoms with Gasteiger partial charge in [0.25, 0.3) is 0 Å². The summed E-state index contributed by atoms with van der Waals surface area (Å²) >= 11 is 2.90. The summed E-state index contributed by atoms with van der Waals surface area (Å²) < 4.78 is 5.94. The number of hydrogen-bond acceptors (Lipinski definition) is 7. The lowest BCUT2D eigenvalue weighted by Crippen LogP contribution is -2.44. The number of carbonyl (C=O) groups excluding carboxylic acids is 1. The van der Waals surface area contributed by atoms with Crippen LogP contribution < -0.4 is 15.4 Å². The molecule has 0 spiro atoms. The first kappa shape index (κ1) is 19.9. The quantitative estimate of drug-likeness (QED) is 0.661. The van der Waals surface area contributed by atoms with Gasteiger partial charge in [-0.1, -0.05) is 42.9 Å². The minimum Gasteiger partial charge on any atom is -0.497 e. The topological polar surface area (TPSA) is 76.1 Å². The molecule has 8 heteroatoms. The Balaban J connectivity index is 1.52. The number of anilines is 2. The van der Waals surface area contributed by atoms with Gasteiger partial charge in [-0.3, -0.25) is 4.79 Å². The van der Waals surface area contributed by atoms with E-state index >= 15 is 0 Å². The standard InChI is InChI=1S/C19H26N4O2S2/c1-12-6-4-5-7-16(12)21-17(24)13(2)26-19-23-22-18(27-19)20-14-8-10-15(25-3)11-9-14/h8-13,16H,4-7H2,1-3H3,(H,20,22)(H,21,24)/t12-,13+,16+/m0/s1. The Morgan fingerprint density at radius 2 is 2.00 bits per heavy atom. The van der Waals surface area contributed by atoms with E-state index in [0.717, 1.165) is 22.2 Å². The molecule has 1 amide bonds. The second kappa shape index (κ2) is 9.41. The maximum atomic E-state index is 12.5. The zero-order valence-corrected chi connectivity index (χ0v) is 17.5. The number of thioether (sulfide) groups is 1. The Kier molecular flexibility index (Phi) is 6.95. The molecule has 0 unspecified atom stereocenters. The SMILES string of the molecule is COc1ccc(Nc2nnc(S[C@H](C)C(=O)N[C@@H]3CCCC[C@@H]3C)s2)cc1. The lowest BCUT2D eigenvalue weighted by molar-refractivity contribution is -0.121. The van der Waals surface area contributed by atoms with E-state index in [0.29, 0.717) is 17.1 Å². The molecule has 0 aliphatic heterocycles. The molecule has 0 radical (unpaired) electrons. The van der Waals surface area contributed by atoms with E-state index in [9.17, 15) is 4.79 Å². The van der Waals surface area contributed by atoms with Crippen molar-refractivity contribution >= 4 is 39.8 Å². The van der Waals surface area contributed by atoms with Crippen LogP contribution in [0.5, 0.6) is 5.75 Å². The van der Waals surface area contributed by atoms with Gasteiger partial charge >= 0.3 is 0 Å². The summed E-state index contributed by atoms with van der Waals surface area (Å²) in [6.07, 6.45) is 4.75. The van der Waals surface area contributed by atoms with E-state index in [1.165, 1.54) is 42.4 Å². The number of nitrogens with one attached hydrogen (secondary N) is 2. The van der Waals surface area contributed by atoms with Crippen molar-refractivity contribution in [2.45, 2.75) is 55.2 Å². The predicted molar refractivity (Wildman–Crippen MR) is 111 cm³/mol. The van der Waals surface area contributed by atoms with Crippen LogP contribution in [0.1, 0.15) is 39.5 Å². The molecule has 27 heavy (non-hydrogen) atoms. The summed E-state index contributed by atoms with van der Waals surface area (Å²) in [5.74, 6) is 1.45. The van der Waals surface area contributed by atoms with Crippen molar-refractivity contribution in [1.29, 1.82) is 0 Å². The smallest absolute Gasteiger partial charge is 0.233 e. The molecule has 0 bridgehead atoms. The zero-order valence-electron chi connectivity index (χ0n) is 15.9. The second-order valence-corrected chi connectivity index (χ2v) is 9.43. The molecule has 6 nitrogen and oxygen atoms in total. The summed E-state index contributed by atoms with van der Waals surface area (Å²) in [7, 11) is 1.64. The first-order valence-corrected chi connectivity index (χ1v) is 11.0. The largest absolute Gasteiger partial charge is 0.497 e. The number of ether oxygens (including phenoxy) is 1. The molecule has 1 aliphatic rings. The Hall–Kier alpha value is -1.80. The molecule has 1 fully saturated rings. The first-order chi connectivity index (χ1) is 13.0. The van der Waals surface area contributed by atoms with Gasteiger partial charge in [-0.25, -0.2) is 0 Å². The molecule has 2 aromatic rings. The first-order valence-electron chi connectivity index (χ1n) is 9.27. The lowest BCUT2D eigenvalue weighted by atomic mass is 9.86. The third kappa shape index (κ3) is 5.59. The highest BCUT2D eigenvalue weighted by Crippen LogP contribution is 2.31. The molecule has 1 aliphatic carbocycles. The number of hydrogen-bond donors (Lipinski definition) is 2. The molecule has 2 N–H and O–H groups in total. The highest BCUT2D eigenvalue weighted by molar-refractivity contribution is 8.02. The Morgan fingerprint density at radius 3 is 2.70 bits per heavy atom. The van der Waals surface area contributed by atoms with Crippen molar-refractivity contribution in [3.8, 4) is 5.75 Å². The van der Waals surface area contributed by atoms with Gasteiger partial charge in [0.05, 0.1) is 12.4 Å². The number of aromatic nitrogens is 2. The maximum Gasteiger partial charge on any atom is 0.233 e. The molecule has 1 aromatic carbocycles. The van der Waals surface area contributed by atoms with Crippen molar-refractivity contribution in [2.75, 3.05) is 12.4 Å². The van der Waals surface area contributed by atoms with Crippen LogP contribution in [0.25, 0.3) is 0 Å². The van der Waals surface area contributed by atoms with E-state index in [-0.39, 0.29) is 11.2 Å². The van der Waals surface area contributed by atoms with Gasteiger partial charge in [0.2, 0.25) is 11.0 Å². The van der Waals surface area contributed by atoms with E-state index in [4.69, 9.17) is 4.74 Å². The average Bonchev–Trinajstić information content (AvgIpc) is 3.11. The molecule has 1 heterocycles. The highest BCUT2D eigenvalue weighted by Gasteiger charge is 2.25. The van der Waals surface area contributed by atoms with Crippen LogP contribution in [0.4, 0.5) is 10.8 Å². The summed E-state index contributed by atoms with van der Waals surface area (Å²) in [6, 6.07) is 7.93. The number of amides is 1. The molecular weight excluding hydrogens is 380 g/mol. The number of methoxy groups -OCH3 is 1. The summed E-state index contributed by atoms with van der Waals surface area (Å²) in [6.45, 7) is 4.15. The van der Waals surface area contributed by atoms with Crippen molar-refractivity contribution < 1.29 is 9.53 Å². The fourth-order valence-corrected chi connectivity index (χ4v) is 5.07. The minimum absolute atomic E-state index is 0.0820. The monoisotopic (exact) mass is 406 g/mol. The van der Waals surface area contributed by atoms with Crippen LogP contribution >= 0.6 is 23.1 Å². The molecule has 1 aromatic heterocycles. The minimum atomic E-state index is -0.194. The van der Waals surface area contributed by atoms with Crippen molar-refractivity contribution in [3.63, 3.8) is 0 Å². The second-order valence-electron chi connectivity index (χ2n) is 6.86. The summed E-state index contributed by atoms with van der Waals surface area (Å²) in [4.78, 5) is 12.5. The van der Waals surface area contributed by atoms with Crippen LogP contribution in [-0.4, -0.2) is 34.5 Å². The predicted octanol–water partition coefficient (Wildman–Crippen LogP) is 4.47. The van der Waals surface area contributed by atoms with Gasteiger partial charge in [-0.05, 0) is 49.9 Å². The highest BCUT2D eigenvalue weighted by atomic mass is 32.2. The van der Waals surface area contributed by atoms with Crippen molar-refractivity contribution in [1.82, 2.24) is 15.5 Å². The van der Waals surface area contributed by atoms with Crippen molar-refractivity contribution in [3.05, 3.63) is 24.3 Å². The van der Waals surface area contributed by atoms with Crippen LogP contribution in [0.15, 0.2) is 28.6 Å². The van der Waals surface area contributed by atoms with Gasteiger partial charge in [0.15, 0.2) is 4.34 Å². The van der Waals surface area contributed by atoms with Crippen LogP contribution in [0, 0.1) is 5.92 Å². The van der Waals surface area contributed by atoms with Crippen LogP contribution in [0.2, 0.25) is 0 Å². The zero-order chi connectivity index (χ0) is 19.2. The van der Waals surface area contributed by atoms with E-state index in [2.05, 4.69) is 27.8 Å². The Morgan fingerprint density at radius 1 is 1.26 bits per heavy atom. The fourth-order valence-electron chi connectivity index (χ4n) is 3.14. The van der Waals surface area contributed by atoms with E-state index in [1.54, 1.807) is 7.11 Å². The third-order valence-corrected chi connectivity index (χ3v) is 6.86. The fraction of sp³-hybridized carbons (Fsp3) is 0.526. The Bertz CT molecular complexity index is 750. The average molecular weight is 407 g/mol. The molecule has 146 valence electrons. The number of rotatable bonds is 7. The number of nitrogens with zero attached hydrogens (tertiary/aromatic N) is 2. The van der Waals surface area contributed by atoms with Gasteiger partial charge in [-0.2, -0.15) is 0 Å². The van der Waals surface area contributed by atoms with Crippen molar-refractivity contribution in [2.24, 2.45) is 5.92 Å². The van der Waals surface area contributed by atoms with E-state index in [1.807, 2.05) is 31.2 Å². The van der Waals surface area contributed by atoms with Gasteiger partial charge in [-0.15, -0.1) is 10.2 Å². The molecule has 0 saturated heterocycles. The lowest BCUT2D eigenvalue weighted by Gasteiger charge is -2.30. The van der Waals surface area contributed by atoms with Crippen LogP contribution in [-0.2, 0) is 4.79 Å². The molecule has 3 rings (SSSR count). The molecule has 3 atom stereocenters. The molecule has 1 saturated carbocycles. The number of benzene rings is 1. The number of carbonyl (C=O) groups is 1. The Labute approximate surface area is 168 Å². The van der Waals surface area contributed by atoms with Gasteiger partial charge in [0.1, 0.15) is 5.75 Å². The third-order valence-electron chi connectivity index (χ3n) is 4.83. The maximum absolute atomic E-state index is 12.5. The van der Waals surface area contributed by atoms with E-state index < -0.39 is 0 Å². The normalized spacial score (nSPS) is 20.7. The van der Waals surface area contributed by atoms with Gasteiger partial charge in [0, 0.05) is 11.7 Å². The van der Waals surface area contributed by atoms with Crippen LogP contribution in [0.3, 0.4) is 0 Å². The molecular formula is C19H26N4O2S2. The van der Waals surface area contributed by atoms with Gasteiger partial charge < -0.3 is 15.4 Å². The summed E-state index contributed by atoms with van der Waals surface area (Å²) in [5.41, 5.74) is 0.917.